The number of H-pyrrole nitrogens is 1. The van der Waals surface area contributed by atoms with Crippen LogP contribution in [0.4, 0.5) is 5.82 Å². The predicted molar refractivity (Wildman–Crippen MR) is 108 cm³/mol. The molecule has 1 saturated heterocycles. The zero-order valence-electron chi connectivity index (χ0n) is 15.8. The first-order valence-corrected chi connectivity index (χ1v) is 9.79. The first-order valence-electron chi connectivity index (χ1n) is 9.79. The normalized spacial score (nSPS) is 23.7. The summed E-state index contributed by atoms with van der Waals surface area (Å²) in [5, 5.41) is 29.5. The van der Waals surface area contributed by atoms with Gasteiger partial charge in [0.05, 0.1) is 11.9 Å². The summed E-state index contributed by atoms with van der Waals surface area (Å²) in [7, 11) is 2.11. The van der Waals surface area contributed by atoms with Gasteiger partial charge in [-0.25, -0.2) is 0 Å². The van der Waals surface area contributed by atoms with Crippen molar-refractivity contribution in [3.05, 3.63) is 42.7 Å². The third kappa shape index (κ3) is 3.01. The van der Waals surface area contributed by atoms with Crippen LogP contribution in [0.2, 0.25) is 0 Å². The van der Waals surface area contributed by atoms with Crippen molar-refractivity contribution in [2.45, 2.75) is 18.9 Å². The fraction of sp³-hybridized carbons (Fsp3) is 0.381. The van der Waals surface area contributed by atoms with Gasteiger partial charge in [-0.05, 0) is 67.6 Å². The Morgan fingerprint density at radius 3 is 2.50 bits per heavy atom. The molecule has 0 spiro atoms. The Morgan fingerprint density at radius 1 is 1.04 bits per heavy atom. The lowest BCUT2D eigenvalue weighted by atomic mass is 10.0. The minimum atomic E-state index is 0.185. The summed E-state index contributed by atoms with van der Waals surface area (Å²) in [6.07, 6.45) is 5.96. The second-order valence-corrected chi connectivity index (χ2v) is 7.91. The van der Waals surface area contributed by atoms with Crippen LogP contribution in [0.15, 0.2) is 42.7 Å². The SMILES string of the molecule is CN(c1ccc(-c2ccc(-c3cn[nH]c3)cc2O)nn1)C1C[C@H]2CNC[C@H]2C1. The minimum Gasteiger partial charge on any atom is -0.507 e. The quantitative estimate of drug-likeness (QED) is 0.649. The van der Waals surface area contributed by atoms with E-state index in [0.29, 0.717) is 17.3 Å². The molecule has 1 saturated carbocycles. The highest BCUT2D eigenvalue weighted by atomic mass is 16.3. The van der Waals surface area contributed by atoms with Crippen LogP contribution in [0.25, 0.3) is 22.4 Å². The summed E-state index contributed by atoms with van der Waals surface area (Å²) in [6, 6.07) is 10.0. The molecule has 5 rings (SSSR count). The van der Waals surface area contributed by atoms with Crippen LogP contribution in [-0.2, 0) is 0 Å². The lowest BCUT2D eigenvalue weighted by molar-refractivity contribution is 0.477. The number of fused-ring (bicyclic) bond motifs is 1. The fourth-order valence-corrected chi connectivity index (χ4v) is 4.63. The van der Waals surface area contributed by atoms with Crippen LogP contribution >= 0.6 is 0 Å². The van der Waals surface area contributed by atoms with Crippen LogP contribution in [0, 0.1) is 11.8 Å². The van der Waals surface area contributed by atoms with Gasteiger partial charge in [-0.3, -0.25) is 5.10 Å². The summed E-state index contributed by atoms with van der Waals surface area (Å²) < 4.78 is 0. The molecule has 7 heteroatoms. The summed E-state index contributed by atoms with van der Waals surface area (Å²) >= 11 is 0. The van der Waals surface area contributed by atoms with E-state index in [-0.39, 0.29) is 5.75 Å². The topological polar surface area (TPSA) is 90.0 Å². The molecule has 3 heterocycles. The minimum absolute atomic E-state index is 0.185. The van der Waals surface area contributed by atoms with Crippen molar-refractivity contribution in [1.82, 2.24) is 25.7 Å². The molecule has 0 radical (unpaired) electrons. The van der Waals surface area contributed by atoms with Crippen LogP contribution in [0.5, 0.6) is 5.75 Å². The highest BCUT2D eigenvalue weighted by Gasteiger charge is 2.39. The van der Waals surface area contributed by atoms with Crippen molar-refractivity contribution in [2.24, 2.45) is 11.8 Å². The Labute approximate surface area is 163 Å². The monoisotopic (exact) mass is 376 g/mol. The molecule has 1 aliphatic carbocycles. The van der Waals surface area contributed by atoms with Crippen LogP contribution in [-0.4, -0.2) is 51.7 Å². The second-order valence-electron chi connectivity index (χ2n) is 7.91. The van der Waals surface area contributed by atoms with E-state index in [2.05, 4.69) is 37.7 Å². The van der Waals surface area contributed by atoms with Gasteiger partial charge in [-0.15, -0.1) is 10.2 Å². The number of nitrogens with zero attached hydrogens (tertiary/aromatic N) is 4. The maximum atomic E-state index is 10.5. The summed E-state index contributed by atoms with van der Waals surface area (Å²) in [5.74, 6) is 2.66. The lowest BCUT2D eigenvalue weighted by Crippen LogP contribution is -2.31. The largest absolute Gasteiger partial charge is 0.507 e. The number of nitrogens with one attached hydrogen (secondary N) is 2. The van der Waals surface area contributed by atoms with Crippen molar-refractivity contribution in [3.8, 4) is 28.1 Å². The summed E-state index contributed by atoms with van der Waals surface area (Å²) in [5.41, 5.74) is 3.18. The Bertz CT molecular complexity index is 944. The van der Waals surface area contributed by atoms with Crippen LogP contribution < -0.4 is 10.2 Å². The van der Waals surface area contributed by atoms with Gasteiger partial charge in [-0.1, -0.05) is 6.07 Å². The van der Waals surface area contributed by atoms with E-state index < -0.39 is 0 Å². The van der Waals surface area contributed by atoms with Gasteiger partial charge in [0.2, 0.25) is 0 Å². The molecule has 144 valence electrons. The van der Waals surface area contributed by atoms with Gasteiger partial charge < -0.3 is 15.3 Å². The number of hydrogen-bond acceptors (Lipinski definition) is 6. The van der Waals surface area contributed by atoms with Gasteiger partial charge in [0.25, 0.3) is 0 Å². The number of anilines is 1. The molecule has 3 atom stereocenters. The van der Waals surface area contributed by atoms with E-state index in [9.17, 15) is 5.11 Å². The molecule has 3 N–H and O–H groups in total. The maximum absolute atomic E-state index is 10.5. The maximum Gasteiger partial charge on any atom is 0.151 e. The van der Waals surface area contributed by atoms with Gasteiger partial charge in [0, 0.05) is 30.4 Å². The number of aromatic amines is 1. The van der Waals surface area contributed by atoms with Crippen molar-refractivity contribution in [1.29, 1.82) is 0 Å². The third-order valence-electron chi connectivity index (χ3n) is 6.29. The van der Waals surface area contributed by atoms with Gasteiger partial charge in [0.1, 0.15) is 5.75 Å². The van der Waals surface area contributed by atoms with Crippen molar-refractivity contribution in [3.63, 3.8) is 0 Å². The van der Waals surface area contributed by atoms with Gasteiger partial charge >= 0.3 is 0 Å². The molecule has 1 unspecified atom stereocenters. The zero-order valence-corrected chi connectivity index (χ0v) is 15.8. The molecule has 3 aromatic rings. The summed E-state index contributed by atoms with van der Waals surface area (Å²) in [4.78, 5) is 2.26. The average molecular weight is 376 g/mol. The summed E-state index contributed by atoms with van der Waals surface area (Å²) in [6.45, 7) is 2.29. The fourth-order valence-electron chi connectivity index (χ4n) is 4.63. The Morgan fingerprint density at radius 2 is 1.86 bits per heavy atom. The third-order valence-corrected chi connectivity index (χ3v) is 6.29. The Hall–Kier alpha value is -2.93. The number of hydrogen-bond donors (Lipinski definition) is 3. The van der Waals surface area contributed by atoms with E-state index >= 15 is 0 Å². The highest BCUT2D eigenvalue weighted by molar-refractivity contribution is 5.73. The van der Waals surface area contributed by atoms with Gasteiger partial charge in [-0.2, -0.15) is 5.10 Å². The number of phenols is 1. The molecule has 28 heavy (non-hydrogen) atoms. The Balaban J connectivity index is 1.34. The Kier molecular flexibility index (Phi) is 4.24. The van der Waals surface area contributed by atoms with E-state index in [1.807, 2.05) is 24.3 Å². The molecule has 1 aliphatic heterocycles. The molecule has 0 amide bonds. The smallest absolute Gasteiger partial charge is 0.151 e. The van der Waals surface area contributed by atoms with Crippen molar-refractivity contribution < 1.29 is 5.11 Å². The molecule has 2 aliphatic rings. The molecular formula is C21H24N6O. The predicted octanol–water partition coefficient (Wildman–Crippen LogP) is 2.67. The highest BCUT2D eigenvalue weighted by Crippen LogP contribution is 2.38. The molecule has 1 aromatic carbocycles. The van der Waals surface area contributed by atoms with Crippen LogP contribution in [0.1, 0.15) is 12.8 Å². The lowest BCUT2D eigenvalue weighted by Gasteiger charge is -2.26. The van der Waals surface area contributed by atoms with E-state index in [4.69, 9.17) is 0 Å². The number of phenolic OH excluding ortho intramolecular Hbond substituents is 1. The standard InChI is InChI=1S/C21H24N6O/c1-27(17-6-14-9-22-10-15(14)7-17)21-5-4-19(25-26-21)18-3-2-13(8-20(18)28)16-11-23-24-12-16/h2-5,8,11-12,14-15,17,22,28H,6-7,9-10H2,1H3,(H,23,24)/t14-,15+,17?. The average Bonchev–Trinajstić information content (AvgIpc) is 3.45. The van der Waals surface area contributed by atoms with Crippen molar-refractivity contribution >= 4 is 5.82 Å². The van der Waals surface area contributed by atoms with Crippen molar-refractivity contribution in [2.75, 3.05) is 25.0 Å². The molecular weight excluding hydrogens is 352 g/mol. The van der Waals surface area contributed by atoms with Gasteiger partial charge in [0.15, 0.2) is 5.82 Å². The zero-order chi connectivity index (χ0) is 19.1. The number of benzene rings is 1. The molecule has 0 bridgehead atoms. The second kappa shape index (κ2) is 6.91. The molecule has 2 fully saturated rings. The van der Waals surface area contributed by atoms with E-state index in [1.165, 1.54) is 12.8 Å². The van der Waals surface area contributed by atoms with E-state index in [1.54, 1.807) is 18.5 Å². The van der Waals surface area contributed by atoms with E-state index in [0.717, 1.165) is 41.9 Å². The first kappa shape index (κ1) is 17.2. The van der Waals surface area contributed by atoms with Crippen LogP contribution in [0.3, 0.4) is 0 Å². The number of rotatable bonds is 4. The molecule has 7 nitrogen and oxygen atoms in total. The molecule has 2 aromatic heterocycles. The number of aromatic hydroxyl groups is 1. The first-order chi connectivity index (χ1) is 13.7. The number of aromatic nitrogens is 4.